The van der Waals surface area contributed by atoms with Crippen LogP contribution < -0.4 is 0 Å². The normalized spacial score (nSPS) is 10.4. The number of carbonyl (C=O) groups excluding carboxylic acids is 1. The van der Waals surface area contributed by atoms with Crippen molar-refractivity contribution in [2.45, 2.75) is 70.6 Å². The topological polar surface area (TPSA) is 63.6 Å². The molecule has 20 heavy (non-hydrogen) atoms. The van der Waals surface area contributed by atoms with Crippen molar-refractivity contribution in [3.8, 4) is 0 Å². The van der Waals surface area contributed by atoms with Crippen molar-refractivity contribution < 1.29 is 19.4 Å². The molecule has 0 radical (unpaired) electrons. The highest BCUT2D eigenvalue weighted by atomic mass is 79.9. The average Bonchev–Trinajstić information content (AvgIpc) is 2.39. The molecule has 0 heterocycles. The van der Waals surface area contributed by atoms with Gasteiger partial charge in [-0.3, -0.25) is 9.59 Å². The number of carboxylic acid groups (broad SMARTS) is 1. The third-order valence-corrected chi connectivity index (χ3v) is 3.65. The number of carbonyl (C=O) groups is 2. The van der Waals surface area contributed by atoms with Crippen molar-refractivity contribution in [2.24, 2.45) is 0 Å². The molecular weight excluding hydrogens is 324 g/mol. The van der Waals surface area contributed by atoms with E-state index in [1.54, 1.807) is 0 Å². The summed E-state index contributed by atoms with van der Waals surface area (Å²) in [6.07, 6.45) is 11.6. The van der Waals surface area contributed by atoms with E-state index >= 15 is 0 Å². The summed E-state index contributed by atoms with van der Waals surface area (Å²) in [5, 5.41) is 9.49. The first kappa shape index (κ1) is 19.4. The van der Waals surface area contributed by atoms with Gasteiger partial charge in [-0.2, -0.15) is 0 Å². The highest BCUT2D eigenvalue weighted by molar-refractivity contribution is 9.09. The number of hydrogen-bond acceptors (Lipinski definition) is 3. The second kappa shape index (κ2) is 14.8. The molecule has 0 saturated heterocycles. The third kappa shape index (κ3) is 15.5. The number of halogens is 1. The summed E-state index contributed by atoms with van der Waals surface area (Å²) in [6.45, 7) is 0.346. The smallest absolute Gasteiger partial charge is 0.317 e. The maximum atomic E-state index is 10.9. The molecule has 1 N–H and O–H groups in total. The lowest BCUT2D eigenvalue weighted by atomic mass is 10.1. The molecule has 118 valence electrons. The molecule has 0 bridgehead atoms. The molecule has 0 aliphatic rings. The van der Waals surface area contributed by atoms with Gasteiger partial charge in [-0.25, -0.2) is 0 Å². The maximum absolute atomic E-state index is 10.9. The van der Waals surface area contributed by atoms with Gasteiger partial charge in [-0.05, 0) is 12.8 Å². The van der Waals surface area contributed by atoms with Crippen LogP contribution in [0.4, 0.5) is 0 Å². The van der Waals surface area contributed by atoms with Gasteiger partial charge >= 0.3 is 11.9 Å². The monoisotopic (exact) mass is 350 g/mol. The Kier molecular flexibility index (Phi) is 14.4. The fraction of sp³-hybridized carbons (Fsp3) is 0.867. The van der Waals surface area contributed by atoms with Crippen molar-refractivity contribution in [3.05, 3.63) is 0 Å². The second-order valence-electron chi connectivity index (χ2n) is 5.02. The summed E-state index contributed by atoms with van der Waals surface area (Å²) in [6, 6.07) is 0. The van der Waals surface area contributed by atoms with Crippen LogP contribution in [0.1, 0.15) is 70.6 Å². The zero-order valence-electron chi connectivity index (χ0n) is 12.2. The van der Waals surface area contributed by atoms with E-state index < -0.39 is 18.4 Å². The minimum Gasteiger partial charge on any atom is -0.481 e. The van der Waals surface area contributed by atoms with E-state index in [-0.39, 0.29) is 0 Å². The maximum Gasteiger partial charge on any atom is 0.317 e. The summed E-state index contributed by atoms with van der Waals surface area (Å²) in [4.78, 5) is 21.2. The molecule has 0 rings (SSSR count). The zero-order chi connectivity index (χ0) is 15.1. The van der Waals surface area contributed by atoms with E-state index in [4.69, 9.17) is 9.84 Å². The van der Waals surface area contributed by atoms with Gasteiger partial charge in [0.05, 0.1) is 6.61 Å². The molecule has 0 aliphatic heterocycles. The van der Waals surface area contributed by atoms with Crippen molar-refractivity contribution in [1.29, 1.82) is 0 Å². The van der Waals surface area contributed by atoms with Crippen molar-refractivity contribution in [3.63, 3.8) is 0 Å². The second-order valence-corrected chi connectivity index (χ2v) is 5.81. The van der Waals surface area contributed by atoms with Gasteiger partial charge < -0.3 is 9.84 Å². The van der Waals surface area contributed by atoms with Crippen LogP contribution in [0.25, 0.3) is 0 Å². The van der Waals surface area contributed by atoms with Gasteiger partial charge in [0.25, 0.3) is 0 Å². The summed E-state index contributed by atoms with van der Waals surface area (Å²) in [5.41, 5.74) is 0. The van der Waals surface area contributed by atoms with Crippen LogP contribution in [-0.4, -0.2) is 29.0 Å². The number of unbranched alkanes of at least 4 members (excludes halogenated alkanes) is 9. The van der Waals surface area contributed by atoms with Crippen LogP contribution in [0.15, 0.2) is 0 Å². The Bertz CT molecular complexity index is 256. The minimum atomic E-state index is -1.13. The number of hydrogen-bond donors (Lipinski definition) is 1. The first-order valence-corrected chi connectivity index (χ1v) is 8.72. The van der Waals surface area contributed by atoms with Gasteiger partial charge in [0.15, 0.2) is 0 Å². The van der Waals surface area contributed by atoms with E-state index in [9.17, 15) is 9.59 Å². The number of ether oxygens (including phenoxy) is 1. The fourth-order valence-electron chi connectivity index (χ4n) is 1.97. The Morgan fingerprint density at radius 1 is 0.800 bits per heavy atom. The summed E-state index contributed by atoms with van der Waals surface area (Å²) >= 11 is 3.43. The number of alkyl halides is 1. The number of aliphatic carboxylic acids is 1. The first-order valence-electron chi connectivity index (χ1n) is 7.60. The lowest BCUT2D eigenvalue weighted by molar-refractivity contribution is -0.151. The first-order chi connectivity index (χ1) is 9.66. The highest BCUT2D eigenvalue weighted by Crippen LogP contribution is 2.11. The van der Waals surface area contributed by atoms with E-state index in [0.717, 1.165) is 24.6 Å². The molecule has 0 saturated carbocycles. The summed E-state index contributed by atoms with van der Waals surface area (Å²) in [5.74, 6) is -1.77. The van der Waals surface area contributed by atoms with Crippen molar-refractivity contribution in [2.75, 3.05) is 11.9 Å². The van der Waals surface area contributed by atoms with Crippen LogP contribution >= 0.6 is 15.9 Å². The third-order valence-electron chi connectivity index (χ3n) is 3.09. The van der Waals surface area contributed by atoms with E-state index in [2.05, 4.69) is 15.9 Å². The molecule has 0 aromatic heterocycles. The average molecular weight is 351 g/mol. The Morgan fingerprint density at radius 2 is 1.25 bits per heavy atom. The molecule has 5 heteroatoms. The predicted octanol–water partition coefficient (Wildman–Crippen LogP) is 4.30. The zero-order valence-corrected chi connectivity index (χ0v) is 13.8. The molecule has 0 fully saturated rings. The van der Waals surface area contributed by atoms with Gasteiger partial charge in [0.2, 0.25) is 0 Å². The van der Waals surface area contributed by atoms with Crippen LogP contribution in [0.2, 0.25) is 0 Å². The molecular formula is C15H27BrO4. The van der Waals surface area contributed by atoms with Crippen molar-refractivity contribution >= 4 is 27.9 Å². The molecule has 0 aliphatic carbocycles. The van der Waals surface area contributed by atoms with Gasteiger partial charge in [-0.15, -0.1) is 0 Å². The Hall–Kier alpha value is -0.580. The molecule has 0 amide bonds. The molecule has 4 nitrogen and oxygen atoms in total. The van der Waals surface area contributed by atoms with Crippen LogP contribution in [0, 0.1) is 0 Å². The fourth-order valence-corrected chi connectivity index (χ4v) is 2.37. The molecule has 0 spiro atoms. The van der Waals surface area contributed by atoms with E-state index in [1.807, 2.05) is 0 Å². The Morgan fingerprint density at radius 3 is 1.70 bits per heavy atom. The number of esters is 1. The van der Waals surface area contributed by atoms with Crippen LogP contribution in [0.3, 0.4) is 0 Å². The van der Waals surface area contributed by atoms with Gasteiger partial charge in [-0.1, -0.05) is 67.3 Å². The van der Waals surface area contributed by atoms with Crippen LogP contribution in [-0.2, 0) is 14.3 Å². The molecule has 0 unspecified atom stereocenters. The lowest BCUT2D eigenvalue weighted by Gasteiger charge is -2.04. The molecule has 0 aromatic rings. The lowest BCUT2D eigenvalue weighted by Crippen LogP contribution is -2.11. The van der Waals surface area contributed by atoms with E-state index in [0.29, 0.717) is 6.61 Å². The number of rotatable bonds is 14. The van der Waals surface area contributed by atoms with Crippen LogP contribution in [0.5, 0.6) is 0 Å². The largest absolute Gasteiger partial charge is 0.481 e. The van der Waals surface area contributed by atoms with Gasteiger partial charge in [0.1, 0.15) is 6.42 Å². The molecule has 0 atom stereocenters. The van der Waals surface area contributed by atoms with Gasteiger partial charge in [0, 0.05) is 5.33 Å². The number of carboxylic acids is 1. The highest BCUT2D eigenvalue weighted by Gasteiger charge is 2.07. The molecule has 0 aromatic carbocycles. The Balaban J connectivity index is 3.09. The minimum absolute atomic E-state index is 0.346. The van der Waals surface area contributed by atoms with Crippen molar-refractivity contribution in [1.82, 2.24) is 0 Å². The Labute approximate surface area is 130 Å². The predicted molar refractivity (Wildman–Crippen MR) is 83.2 cm³/mol. The summed E-state index contributed by atoms with van der Waals surface area (Å²) < 4.78 is 4.81. The quantitative estimate of drug-likeness (QED) is 0.219. The van der Waals surface area contributed by atoms with E-state index in [1.165, 1.54) is 44.9 Å². The SMILES string of the molecule is O=C(O)CC(=O)OCCCCCCCCCCCCBr. The standard InChI is InChI=1S/C15H27BrO4/c16-11-9-7-5-3-1-2-4-6-8-10-12-20-15(19)13-14(17)18/h1-13H2,(H,17,18). The summed E-state index contributed by atoms with van der Waals surface area (Å²) in [7, 11) is 0.